The van der Waals surface area contributed by atoms with Gasteiger partial charge in [-0.2, -0.15) is 0 Å². The molecule has 0 spiro atoms. The Hall–Kier alpha value is -3.32. The number of hydrogen-bond donors (Lipinski definition) is 2. The van der Waals surface area contributed by atoms with Crippen LogP contribution in [0.5, 0.6) is 11.5 Å². The molecule has 6 nitrogen and oxygen atoms in total. The Morgan fingerprint density at radius 1 is 0.846 bits per heavy atom. The smallest absolute Gasteiger partial charge is 0.337 e. The molecule has 0 aromatic heterocycles. The first-order valence-electron chi connectivity index (χ1n) is 7.64. The van der Waals surface area contributed by atoms with E-state index in [9.17, 15) is 18.3 Å². The number of ether oxygens (including phenoxy) is 1. The quantitative estimate of drug-likeness (QED) is 0.686. The largest absolute Gasteiger partial charge is 0.478 e. The Morgan fingerprint density at radius 2 is 1.46 bits per heavy atom. The minimum absolute atomic E-state index is 0.0331. The van der Waals surface area contributed by atoms with Crippen molar-refractivity contribution < 1.29 is 23.1 Å². The molecule has 132 valence electrons. The highest BCUT2D eigenvalue weighted by Gasteiger charge is 2.19. The first-order valence-corrected chi connectivity index (χ1v) is 9.12. The normalized spacial score (nSPS) is 10.9. The van der Waals surface area contributed by atoms with E-state index in [1.165, 1.54) is 30.3 Å². The van der Waals surface area contributed by atoms with Gasteiger partial charge in [0.1, 0.15) is 11.5 Å². The molecule has 0 saturated carbocycles. The van der Waals surface area contributed by atoms with Gasteiger partial charge in [-0.15, -0.1) is 0 Å². The molecule has 0 saturated heterocycles. The van der Waals surface area contributed by atoms with Gasteiger partial charge in [0.25, 0.3) is 10.0 Å². The van der Waals surface area contributed by atoms with Crippen molar-refractivity contribution in [1.29, 1.82) is 0 Å². The van der Waals surface area contributed by atoms with E-state index in [0.29, 0.717) is 11.5 Å². The summed E-state index contributed by atoms with van der Waals surface area (Å²) >= 11 is 0. The maximum atomic E-state index is 12.5. The zero-order valence-electron chi connectivity index (χ0n) is 13.5. The summed E-state index contributed by atoms with van der Waals surface area (Å²) in [7, 11) is -3.93. The number of carboxylic acids is 1. The van der Waals surface area contributed by atoms with Crippen LogP contribution in [0.1, 0.15) is 10.4 Å². The third kappa shape index (κ3) is 4.01. The molecule has 3 rings (SSSR count). The highest BCUT2D eigenvalue weighted by atomic mass is 32.2. The Kier molecular flexibility index (Phi) is 4.90. The Bertz CT molecular complexity index is 1020. The van der Waals surface area contributed by atoms with Crippen molar-refractivity contribution in [3.8, 4) is 11.5 Å². The lowest BCUT2D eigenvalue weighted by Crippen LogP contribution is -2.15. The molecule has 0 fully saturated rings. The van der Waals surface area contributed by atoms with Gasteiger partial charge in [0.2, 0.25) is 0 Å². The van der Waals surface area contributed by atoms with E-state index in [1.807, 2.05) is 6.07 Å². The van der Waals surface area contributed by atoms with Crippen LogP contribution in [-0.2, 0) is 10.0 Å². The number of benzene rings is 3. The highest BCUT2D eigenvalue weighted by Crippen LogP contribution is 2.28. The zero-order valence-corrected chi connectivity index (χ0v) is 14.3. The first kappa shape index (κ1) is 17.5. The van der Waals surface area contributed by atoms with Crippen LogP contribution < -0.4 is 9.46 Å². The average Bonchev–Trinajstić information content (AvgIpc) is 2.63. The SMILES string of the molecule is O=C(O)c1ccc(Oc2ccccc2)cc1NS(=O)(=O)c1ccccc1. The predicted octanol–water partition coefficient (Wildman–Crippen LogP) is 3.98. The van der Waals surface area contributed by atoms with Crippen LogP contribution in [0, 0.1) is 0 Å². The van der Waals surface area contributed by atoms with Gasteiger partial charge >= 0.3 is 5.97 Å². The number of para-hydroxylation sites is 1. The Labute approximate surface area is 150 Å². The fourth-order valence-electron chi connectivity index (χ4n) is 2.29. The molecule has 3 aromatic rings. The second-order valence-corrected chi connectivity index (χ2v) is 7.03. The topological polar surface area (TPSA) is 92.7 Å². The summed E-state index contributed by atoms with van der Waals surface area (Å²) in [5.74, 6) is -0.388. The Balaban J connectivity index is 1.96. The van der Waals surface area contributed by atoms with E-state index in [0.717, 1.165) is 0 Å². The molecule has 0 aliphatic heterocycles. The molecule has 3 aromatic carbocycles. The third-order valence-corrected chi connectivity index (χ3v) is 4.88. The van der Waals surface area contributed by atoms with Crippen molar-refractivity contribution in [3.05, 3.63) is 84.4 Å². The number of sulfonamides is 1. The van der Waals surface area contributed by atoms with Crippen LogP contribution in [0.3, 0.4) is 0 Å². The Morgan fingerprint density at radius 3 is 2.08 bits per heavy atom. The van der Waals surface area contributed by atoms with Crippen molar-refractivity contribution in [3.63, 3.8) is 0 Å². The standard InChI is InChI=1S/C19H15NO5S/c21-19(22)17-12-11-15(25-14-7-3-1-4-8-14)13-18(17)20-26(23,24)16-9-5-2-6-10-16/h1-13,20H,(H,21,22). The van der Waals surface area contributed by atoms with Gasteiger partial charge in [-0.3, -0.25) is 4.72 Å². The number of carboxylic acid groups (broad SMARTS) is 1. The van der Waals surface area contributed by atoms with E-state index < -0.39 is 16.0 Å². The van der Waals surface area contributed by atoms with E-state index in [4.69, 9.17) is 4.74 Å². The highest BCUT2D eigenvalue weighted by molar-refractivity contribution is 7.92. The van der Waals surface area contributed by atoms with Crippen LogP contribution in [0.4, 0.5) is 5.69 Å². The van der Waals surface area contributed by atoms with Crippen LogP contribution in [0.2, 0.25) is 0 Å². The van der Waals surface area contributed by atoms with Crippen LogP contribution in [0.15, 0.2) is 83.8 Å². The van der Waals surface area contributed by atoms with E-state index in [2.05, 4.69) is 4.72 Å². The number of anilines is 1. The number of hydrogen-bond acceptors (Lipinski definition) is 4. The molecule has 0 bridgehead atoms. The van der Waals surface area contributed by atoms with E-state index in [1.54, 1.807) is 42.5 Å². The van der Waals surface area contributed by atoms with Gasteiger partial charge in [-0.1, -0.05) is 36.4 Å². The molecule has 0 heterocycles. The second kappa shape index (κ2) is 7.28. The van der Waals surface area contributed by atoms with Gasteiger partial charge in [0.15, 0.2) is 0 Å². The summed E-state index contributed by atoms with van der Waals surface area (Å²) in [6.45, 7) is 0. The van der Waals surface area contributed by atoms with E-state index >= 15 is 0 Å². The summed E-state index contributed by atoms with van der Waals surface area (Å²) < 4.78 is 33.0. The van der Waals surface area contributed by atoms with Crippen LogP contribution in [-0.4, -0.2) is 19.5 Å². The maximum Gasteiger partial charge on any atom is 0.337 e. The summed E-state index contributed by atoms with van der Waals surface area (Å²) in [5, 5.41) is 9.34. The summed E-state index contributed by atoms with van der Waals surface area (Å²) in [6.07, 6.45) is 0. The van der Waals surface area contributed by atoms with Crippen molar-refractivity contribution >= 4 is 21.7 Å². The lowest BCUT2D eigenvalue weighted by atomic mass is 10.2. The number of rotatable bonds is 6. The van der Waals surface area contributed by atoms with Gasteiger partial charge in [-0.05, 0) is 36.4 Å². The van der Waals surface area contributed by atoms with Crippen molar-refractivity contribution in [1.82, 2.24) is 0 Å². The predicted molar refractivity (Wildman–Crippen MR) is 97.2 cm³/mol. The minimum atomic E-state index is -3.93. The molecule has 7 heteroatoms. The van der Waals surface area contributed by atoms with Crippen molar-refractivity contribution in [2.45, 2.75) is 4.90 Å². The molecular formula is C19H15NO5S. The molecule has 0 unspecified atom stereocenters. The third-order valence-electron chi connectivity index (χ3n) is 3.50. The monoisotopic (exact) mass is 369 g/mol. The van der Waals surface area contributed by atoms with Crippen LogP contribution in [0.25, 0.3) is 0 Å². The molecule has 0 aliphatic carbocycles. The van der Waals surface area contributed by atoms with Gasteiger partial charge in [-0.25, -0.2) is 13.2 Å². The van der Waals surface area contributed by atoms with Crippen molar-refractivity contribution in [2.24, 2.45) is 0 Å². The molecule has 0 radical (unpaired) electrons. The molecule has 2 N–H and O–H groups in total. The van der Waals surface area contributed by atoms with Gasteiger partial charge in [0.05, 0.1) is 16.1 Å². The molecule has 26 heavy (non-hydrogen) atoms. The number of carbonyl (C=O) groups is 1. The minimum Gasteiger partial charge on any atom is -0.478 e. The zero-order chi connectivity index (χ0) is 18.6. The number of nitrogens with one attached hydrogen (secondary N) is 1. The second-order valence-electron chi connectivity index (χ2n) is 5.35. The first-order chi connectivity index (χ1) is 12.5. The maximum absolute atomic E-state index is 12.5. The molecule has 0 atom stereocenters. The van der Waals surface area contributed by atoms with Gasteiger partial charge < -0.3 is 9.84 Å². The van der Waals surface area contributed by atoms with Gasteiger partial charge in [0, 0.05) is 6.07 Å². The molecule has 0 aliphatic rings. The van der Waals surface area contributed by atoms with E-state index in [-0.39, 0.29) is 16.1 Å². The fraction of sp³-hybridized carbons (Fsp3) is 0. The lowest BCUT2D eigenvalue weighted by Gasteiger charge is -2.13. The van der Waals surface area contributed by atoms with Crippen LogP contribution >= 0.6 is 0 Å². The van der Waals surface area contributed by atoms with Crippen molar-refractivity contribution in [2.75, 3.05) is 4.72 Å². The summed E-state index contributed by atoms with van der Waals surface area (Å²) in [5.41, 5.74) is -0.250. The molecule has 0 amide bonds. The fourth-order valence-corrected chi connectivity index (χ4v) is 3.38. The molecular weight excluding hydrogens is 354 g/mol. The number of aromatic carboxylic acids is 1. The summed E-state index contributed by atoms with van der Waals surface area (Å²) in [4.78, 5) is 11.5. The summed E-state index contributed by atoms with van der Waals surface area (Å²) in [6, 6.07) is 20.7. The lowest BCUT2D eigenvalue weighted by molar-refractivity contribution is 0.0698. The average molecular weight is 369 g/mol.